The molecule has 0 saturated heterocycles. The van der Waals surface area contributed by atoms with E-state index in [9.17, 15) is 4.79 Å². The largest absolute Gasteiger partial charge is 0.450 e. The van der Waals surface area contributed by atoms with Crippen molar-refractivity contribution >= 4 is 14.0 Å². The van der Waals surface area contributed by atoms with Crippen LogP contribution in [0, 0.1) is 0 Å². The summed E-state index contributed by atoms with van der Waals surface area (Å²) >= 11 is 0. The molecular weight excluding hydrogens is 216 g/mol. The number of carbonyl (C=O) groups excluding carboxylic acids is 1. The third-order valence-corrected chi connectivity index (χ3v) is 4.69. The Balaban J connectivity index is 2.30. The van der Waals surface area contributed by atoms with Crippen molar-refractivity contribution in [2.45, 2.75) is 25.7 Å². The van der Waals surface area contributed by atoms with E-state index in [0.717, 1.165) is 10.8 Å². The maximum absolute atomic E-state index is 11.7. The molecule has 0 radical (unpaired) electrons. The minimum absolute atomic E-state index is 0.131. The van der Waals surface area contributed by atoms with Crippen LogP contribution in [0.2, 0.25) is 19.6 Å². The van der Waals surface area contributed by atoms with Crippen LogP contribution < -0.4 is 0 Å². The molecule has 0 amide bonds. The predicted octanol–water partition coefficient (Wildman–Crippen LogP) is 3.09. The Kier molecular flexibility index (Phi) is 2.72. The summed E-state index contributed by atoms with van der Waals surface area (Å²) in [6.07, 6.45) is 1.81. The number of hydrogen-bond donors (Lipinski definition) is 0. The minimum Gasteiger partial charge on any atom is -0.450 e. The van der Waals surface area contributed by atoms with E-state index in [1.807, 2.05) is 36.4 Å². The van der Waals surface area contributed by atoms with Gasteiger partial charge in [0.2, 0.25) is 0 Å². The number of benzene rings is 1. The van der Waals surface area contributed by atoms with E-state index in [-0.39, 0.29) is 12.1 Å². The fourth-order valence-electron chi connectivity index (χ4n) is 1.80. The van der Waals surface area contributed by atoms with Gasteiger partial charge < -0.3 is 4.74 Å². The fraction of sp³-hybridized carbons (Fsp3) is 0.308. The summed E-state index contributed by atoms with van der Waals surface area (Å²) in [7, 11) is -1.58. The topological polar surface area (TPSA) is 26.3 Å². The van der Waals surface area contributed by atoms with Gasteiger partial charge in [0.1, 0.15) is 6.10 Å². The summed E-state index contributed by atoms with van der Waals surface area (Å²) in [5.41, 5.74) is 1.05. The number of carbonyl (C=O) groups is 1. The lowest BCUT2D eigenvalue weighted by atomic mass is 10.1. The summed E-state index contributed by atoms with van der Waals surface area (Å²) in [6.45, 7) is 6.48. The van der Waals surface area contributed by atoms with Crippen LogP contribution in [0.5, 0.6) is 0 Å². The SMILES string of the molecule is C[Si](C)(C)C1=CC(c2ccccc2)OC1=O. The van der Waals surface area contributed by atoms with Gasteiger partial charge in [-0.1, -0.05) is 50.0 Å². The molecule has 0 saturated carbocycles. The zero-order valence-electron chi connectivity index (χ0n) is 9.86. The molecule has 2 nitrogen and oxygen atoms in total. The second-order valence-electron chi connectivity index (χ2n) is 5.07. The van der Waals surface area contributed by atoms with Crippen LogP contribution in [0.25, 0.3) is 0 Å². The van der Waals surface area contributed by atoms with E-state index in [0.29, 0.717) is 0 Å². The predicted molar refractivity (Wildman–Crippen MR) is 66.7 cm³/mol. The van der Waals surface area contributed by atoms with E-state index in [1.165, 1.54) is 0 Å². The number of cyclic esters (lactones) is 1. The minimum atomic E-state index is -1.58. The molecule has 84 valence electrons. The Bertz CT molecular complexity index is 429. The van der Waals surface area contributed by atoms with Gasteiger partial charge in [0.25, 0.3) is 0 Å². The molecule has 1 aromatic rings. The van der Waals surface area contributed by atoms with E-state index < -0.39 is 8.07 Å². The third kappa shape index (κ3) is 2.09. The first kappa shape index (κ1) is 11.1. The molecule has 0 aliphatic carbocycles. The van der Waals surface area contributed by atoms with Crippen molar-refractivity contribution in [1.29, 1.82) is 0 Å². The highest BCUT2D eigenvalue weighted by Crippen LogP contribution is 2.31. The lowest BCUT2D eigenvalue weighted by molar-refractivity contribution is -0.139. The van der Waals surface area contributed by atoms with E-state index in [4.69, 9.17) is 4.74 Å². The van der Waals surface area contributed by atoms with Crippen molar-refractivity contribution < 1.29 is 9.53 Å². The van der Waals surface area contributed by atoms with Crippen molar-refractivity contribution in [3.05, 3.63) is 47.2 Å². The molecule has 3 heteroatoms. The van der Waals surface area contributed by atoms with Gasteiger partial charge in [-0.25, -0.2) is 4.79 Å². The Hall–Kier alpha value is -1.35. The second kappa shape index (κ2) is 3.90. The first-order valence-corrected chi connectivity index (χ1v) is 8.97. The summed E-state index contributed by atoms with van der Waals surface area (Å²) in [4.78, 5) is 11.7. The van der Waals surface area contributed by atoms with Crippen molar-refractivity contribution in [1.82, 2.24) is 0 Å². The van der Waals surface area contributed by atoms with Crippen molar-refractivity contribution in [3.63, 3.8) is 0 Å². The average Bonchev–Trinajstić information content (AvgIpc) is 2.61. The van der Waals surface area contributed by atoms with E-state index >= 15 is 0 Å². The van der Waals surface area contributed by atoms with Crippen LogP contribution in [0.1, 0.15) is 11.7 Å². The van der Waals surface area contributed by atoms with Crippen molar-refractivity contribution in [2.24, 2.45) is 0 Å². The van der Waals surface area contributed by atoms with Crippen LogP contribution in [-0.2, 0) is 9.53 Å². The lowest BCUT2D eigenvalue weighted by Crippen LogP contribution is -2.27. The van der Waals surface area contributed by atoms with Gasteiger partial charge in [0, 0.05) is 5.20 Å². The number of rotatable bonds is 2. The maximum atomic E-state index is 11.7. The maximum Gasteiger partial charge on any atom is 0.330 e. The molecule has 1 aliphatic rings. The standard InChI is InChI=1S/C13H16O2Si/c1-16(2,3)12-9-11(15-13(12)14)10-7-5-4-6-8-10/h4-9,11H,1-3H3. The van der Waals surface area contributed by atoms with Crippen LogP contribution in [0.4, 0.5) is 0 Å². The zero-order chi connectivity index (χ0) is 11.8. The van der Waals surface area contributed by atoms with E-state index in [2.05, 4.69) is 19.6 Å². The molecule has 0 fully saturated rings. The van der Waals surface area contributed by atoms with Gasteiger partial charge in [0.15, 0.2) is 0 Å². The normalized spacial score (nSPS) is 20.6. The fourth-order valence-corrected chi connectivity index (χ4v) is 3.12. The van der Waals surface area contributed by atoms with E-state index in [1.54, 1.807) is 0 Å². The molecule has 1 heterocycles. The van der Waals surface area contributed by atoms with Gasteiger partial charge >= 0.3 is 5.97 Å². The van der Waals surface area contributed by atoms with Crippen LogP contribution in [-0.4, -0.2) is 14.0 Å². The first-order valence-electron chi connectivity index (χ1n) is 5.47. The van der Waals surface area contributed by atoms with Gasteiger partial charge in [0.05, 0.1) is 8.07 Å². The number of esters is 1. The molecule has 2 rings (SSSR count). The molecule has 0 aromatic heterocycles. The highest BCUT2D eigenvalue weighted by atomic mass is 28.3. The van der Waals surface area contributed by atoms with Crippen LogP contribution >= 0.6 is 0 Å². The Labute approximate surface area is 96.9 Å². The molecule has 1 aliphatic heterocycles. The smallest absolute Gasteiger partial charge is 0.330 e. The van der Waals surface area contributed by atoms with Crippen LogP contribution in [0.15, 0.2) is 41.6 Å². The molecule has 1 unspecified atom stereocenters. The summed E-state index contributed by atoms with van der Waals surface area (Å²) in [5, 5.41) is 0.904. The average molecular weight is 232 g/mol. The summed E-state index contributed by atoms with van der Waals surface area (Å²) in [6, 6.07) is 9.86. The van der Waals surface area contributed by atoms with Gasteiger partial charge in [-0.2, -0.15) is 0 Å². The summed E-state index contributed by atoms with van der Waals surface area (Å²) in [5.74, 6) is -0.131. The number of hydrogen-bond acceptors (Lipinski definition) is 2. The second-order valence-corrected chi connectivity index (χ2v) is 10.1. The van der Waals surface area contributed by atoms with Crippen molar-refractivity contribution in [3.8, 4) is 0 Å². The molecule has 0 spiro atoms. The molecule has 16 heavy (non-hydrogen) atoms. The van der Waals surface area contributed by atoms with Gasteiger partial charge in [-0.15, -0.1) is 0 Å². The molecule has 1 aromatic carbocycles. The third-order valence-electron chi connectivity index (χ3n) is 2.71. The highest BCUT2D eigenvalue weighted by Gasteiger charge is 2.34. The van der Waals surface area contributed by atoms with Gasteiger partial charge in [-0.05, 0) is 11.6 Å². The molecule has 1 atom stereocenters. The Morgan fingerprint density at radius 2 is 1.75 bits per heavy atom. The molecule has 0 N–H and O–H groups in total. The van der Waals surface area contributed by atoms with Crippen molar-refractivity contribution in [2.75, 3.05) is 0 Å². The molecular formula is C13H16O2Si. The first-order chi connectivity index (χ1) is 7.48. The molecule has 0 bridgehead atoms. The van der Waals surface area contributed by atoms with Crippen LogP contribution in [0.3, 0.4) is 0 Å². The summed E-state index contributed by atoms with van der Waals surface area (Å²) < 4.78 is 5.39. The quantitative estimate of drug-likeness (QED) is 0.578. The Morgan fingerprint density at radius 3 is 2.25 bits per heavy atom. The highest BCUT2D eigenvalue weighted by molar-refractivity contribution is 6.87. The van der Waals surface area contributed by atoms with Gasteiger partial charge in [-0.3, -0.25) is 0 Å². The monoisotopic (exact) mass is 232 g/mol. The zero-order valence-corrected chi connectivity index (χ0v) is 10.9. The number of ether oxygens (including phenoxy) is 1. The lowest BCUT2D eigenvalue weighted by Gasteiger charge is -2.13. The Morgan fingerprint density at radius 1 is 1.12 bits per heavy atom.